The van der Waals surface area contributed by atoms with Crippen molar-refractivity contribution in [3.63, 3.8) is 0 Å². The Morgan fingerprint density at radius 2 is 1.92 bits per heavy atom. The number of carbonyl (C=O) groups excluding carboxylic acids is 1. The van der Waals surface area contributed by atoms with E-state index in [0.717, 1.165) is 22.4 Å². The second kappa shape index (κ2) is 9.62. The molecule has 0 saturated carbocycles. The summed E-state index contributed by atoms with van der Waals surface area (Å²) in [5.41, 5.74) is 3.23. The van der Waals surface area contributed by atoms with Gasteiger partial charge < -0.3 is 9.64 Å². The van der Waals surface area contributed by atoms with Crippen LogP contribution in [0.4, 0.5) is 0 Å². The van der Waals surface area contributed by atoms with Crippen LogP contribution in [0.3, 0.4) is 0 Å². The Hall–Kier alpha value is -2.80. The van der Waals surface area contributed by atoms with E-state index in [0.29, 0.717) is 25.4 Å². The Labute approximate surface area is 156 Å². The summed E-state index contributed by atoms with van der Waals surface area (Å²) in [7, 11) is 0. The first-order chi connectivity index (χ1) is 12.5. The second-order valence-electron chi connectivity index (χ2n) is 6.69. The molecular formula is C22H26N2O2. The van der Waals surface area contributed by atoms with Crippen molar-refractivity contribution >= 4 is 5.91 Å². The first-order valence-electron chi connectivity index (χ1n) is 8.93. The zero-order valence-electron chi connectivity index (χ0n) is 15.7. The number of hydrogen-bond donors (Lipinski definition) is 0. The Balaban J connectivity index is 2.07. The number of amides is 1. The lowest BCUT2D eigenvalue weighted by Crippen LogP contribution is -2.35. The second-order valence-corrected chi connectivity index (χ2v) is 6.69. The van der Waals surface area contributed by atoms with Crippen LogP contribution in [0.1, 0.15) is 42.9 Å². The minimum atomic E-state index is -0.111. The third-order valence-electron chi connectivity index (χ3n) is 4.20. The van der Waals surface area contributed by atoms with Crippen LogP contribution in [0.25, 0.3) is 0 Å². The Kier molecular flexibility index (Phi) is 7.23. The maximum atomic E-state index is 12.7. The quantitative estimate of drug-likeness (QED) is 0.707. The van der Waals surface area contributed by atoms with Crippen molar-refractivity contribution in [1.82, 2.24) is 4.90 Å². The van der Waals surface area contributed by atoms with Gasteiger partial charge in [0.25, 0.3) is 5.91 Å². The largest absolute Gasteiger partial charge is 0.483 e. The van der Waals surface area contributed by atoms with E-state index in [4.69, 9.17) is 10.00 Å². The van der Waals surface area contributed by atoms with E-state index in [9.17, 15) is 4.79 Å². The molecule has 26 heavy (non-hydrogen) atoms. The summed E-state index contributed by atoms with van der Waals surface area (Å²) in [4.78, 5) is 14.4. The predicted molar refractivity (Wildman–Crippen MR) is 103 cm³/mol. The first kappa shape index (κ1) is 19.5. The normalized spacial score (nSPS) is 10.4. The van der Waals surface area contributed by atoms with Crippen molar-refractivity contribution < 1.29 is 9.53 Å². The van der Waals surface area contributed by atoms with Crippen LogP contribution in [0.2, 0.25) is 0 Å². The van der Waals surface area contributed by atoms with Crippen LogP contribution < -0.4 is 4.74 Å². The van der Waals surface area contributed by atoms with Crippen molar-refractivity contribution in [3.05, 3.63) is 65.2 Å². The molecule has 4 nitrogen and oxygen atoms in total. The van der Waals surface area contributed by atoms with Crippen molar-refractivity contribution in [2.24, 2.45) is 0 Å². The molecule has 0 heterocycles. The van der Waals surface area contributed by atoms with Crippen LogP contribution in [0.5, 0.6) is 5.75 Å². The SMILES string of the molecule is Cc1ccc(C(C)C)c(OCC(=O)N(CCC#N)Cc2ccccc2)c1. The molecule has 0 aliphatic carbocycles. The fraction of sp³-hybridized carbons (Fsp3) is 0.364. The van der Waals surface area contributed by atoms with Gasteiger partial charge in [-0.15, -0.1) is 0 Å². The number of rotatable bonds is 8. The van der Waals surface area contributed by atoms with E-state index in [1.54, 1.807) is 4.90 Å². The Bertz CT molecular complexity index is 763. The molecule has 1 amide bonds. The Morgan fingerprint density at radius 3 is 2.58 bits per heavy atom. The molecular weight excluding hydrogens is 324 g/mol. The molecule has 0 aliphatic rings. The molecule has 0 fully saturated rings. The van der Waals surface area contributed by atoms with Crippen LogP contribution in [-0.2, 0) is 11.3 Å². The number of nitriles is 1. The van der Waals surface area contributed by atoms with E-state index in [1.165, 1.54) is 0 Å². The summed E-state index contributed by atoms with van der Waals surface area (Å²) in [5.74, 6) is 0.966. The van der Waals surface area contributed by atoms with Crippen LogP contribution in [0, 0.1) is 18.3 Å². The smallest absolute Gasteiger partial charge is 0.260 e. The minimum Gasteiger partial charge on any atom is -0.483 e. The fourth-order valence-corrected chi connectivity index (χ4v) is 2.76. The molecule has 0 aromatic heterocycles. The van der Waals surface area contributed by atoms with E-state index in [-0.39, 0.29) is 12.5 Å². The van der Waals surface area contributed by atoms with E-state index < -0.39 is 0 Å². The summed E-state index contributed by atoms with van der Waals surface area (Å²) in [6.45, 7) is 7.07. The lowest BCUT2D eigenvalue weighted by atomic mass is 10.0. The van der Waals surface area contributed by atoms with E-state index in [1.807, 2.05) is 43.3 Å². The van der Waals surface area contributed by atoms with Gasteiger partial charge in [0.15, 0.2) is 6.61 Å². The van der Waals surface area contributed by atoms with Crippen molar-refractivity contribution in [1.29, 1.82) is 5.26 Å². The number of nitrogens with zero attached hydrogens (tertiary/aromatic N) is 2. The number of hydrogen-bond acceptors (Lipinski definition) is 3. The highest BCUT2D eigenvalue weighted by molar-refractivity contribution is 5.77. The van der Waals surface area contributed by atoms with Gasteiger partial charge in [-0.3, -0.25) is 4.79 Å². The maximum Gasteiger partial charge on any atom is 0.260 e. The fourth-order valence-electron chi connectivity index (χ4n) is 2.76. The van der Waals surface area contributed by atoms with Gasteiger partial charge in [0.05, 0.1) is 12.5 Å². The highest BCUT2D eigenvalue weighted by Crippen LogP contribution is 2.27. The molecule has 4 heteroatoms. The molecule has 2 rings (SSSR count). The van der Waals surface area contributed by atoms with E-state index >= 15 is 0 Å². The average Bonchev–Trinajstić information content (AvgIpc) is 2.63. The van der Waals surface area contributed by atoms with Gasteiger partial charge in [-0.1, -0.05) is 56.3 Å². The molecule has 2 aromatic carbocycles. The maximum absolute atomic E-state index is 12.7. The third-order valence-corrected chi connectivity index (χ3v) is 4.20. The molecule has 0 N–H and O–H groups in total. The van der Waals surface area contributed by atoms with Crippen LogP contribution in [-0.4, -0.2) is 24.0 Å². The van der Waals surface area contributed by atoms with Gasteiger partial charge in [-0.05, 0) is 35.6 Å². The van der Waals surface area contributed by atoms with Gasteiger partial charge in [0.1, 0.15) is 5.75 Å². The van der Waals surface area contributed by atoms with Crippen LogP contribution in [0.15, 0.2) is 48.5 Å². The lowest BCUT2D eigenvalue weighted by Gasteiger charge is -2.22. The minimum absolute atomic E-state index is 0.0264. The molecule has 0 aliphatic heterocycles. The van der Waals surface area contributed by atoms with Gasteiger partial charge in [-0.25, -0.2) is 0 Å². The van der Waals surface area contributed by atoms with E-state index in [2.05, 4.69) is 32.0 Å². The average molecular weight is 350 g/mol. The molecule has 0 spiro atoms. The standard InChI is InChI=1S/C22H26N2O2/c1-17(2)20-11-10-18(3)14-21(20)26-16-22(25)24(13-7-12-23)15-19-8-5-4-6-9-19/h4-6,8-11,14,17H,7,13,15-16H2,1-3H3. The third kappa shape index (κ3) is 5.63. The van der Waals surface area contributed by atoms with Crippen molar-refractivity contribution in [2.75, 3.05) is 13.2 Å². The van der Waals surface area contributed by atoms with Crippen LogP contribution >= 0.6 is 0 Å². The predicted octanol–water partition coefficient (Wildman–Crippen LogP) is 4.44. The zero-order valence-corrected chi connectivity index (χ0v) is 15.7. The molecule has 0 atom stereocenters. The number of benzene rings is 2. The topological polar surface area (TPSA) is 53.3 Å². The number of carbonyl (C=O) groups is 1. The number of ether oxygens (including phenoxy) is 1. The van der Waals surface area contributed by atoms with Gasteiger partial charge >= 0.3 is 0 Å². The highest BCUT2D eigenvalue weighted by atomic mass is 16.5. The highest BCUT2D eigenvalue weighted by Gasteiger charge is 2.16. The summed E-state index contributed by atoms with van der Waals surface area (Å²) >= 11 is 0. The Morgan fingerprint density at radius 1 is 1.19 bits per heavy atom. The molecule has 136 valence electrons. The summed E-state index contributed by atoms with van der Waals surface area (Å²) in [6, 6.07) is 18.0. The molecule has 0 bridgehead atoms. The van der Waals surface area contributed by atoms with Gasteiger partial charge in [0, 0.05) is 13.1 Å². The first-order valence-corrected chi connectivity index (χ1v) is 8.93. The van der Waals surface area contributed by atoms with Crippen molar-refractivity contribution in [3.8, 4) is 11.8 Å². The zero-order chi connectivity index (χ0) is 18.9. The summed E-state index contributed by atoms with van der Waals surface area (Å²) in [6.07, 6.45) is 0.306. The lowest BCUT2D eigenvalue weighted by molar-refractivity contribution is -0.134. The van der Waals surface area contributed by atoms with Gasteiger partial charge in [0.2, 0.25) is 0 Å². The van der Waals surface area contributed by atoms with Crippen molar-refractivity contribution in [2.45, 2.75) is 39.7 Å². The molecule has 0 radical (unpaired) electrons. The summed E-state index contributed by atoms with van der Waals surface area (Å²) < 4.78 is 5.87. The number of aryl methyl sites for hydroxylation is 1. The molecule has 2 aromatic rings. The summed E-state index contributed by atoms with van der Waals surface area (Å²) in [5, 5.41) is 8.88. The monoisotopic (exact) mass is 350 g/mol. The molecule has 0 saturated heterocycles. The van der Waals surface area contributed by atoms with Gasteiger partial charge in [-0.2, -0.15) is 5.26 Å². The molecule has 0 unspecified atom stereocenters.